The van der Waals surface area contributed by atoms with Gasteiger partial charge < -0.3 is 59.5 Å². The predicted molar refractivity (Wildman–Crippen MR) is 249 cm³/mol. The van der Waals surface area contributed by atoms with Crippen molar-refractivity contribution in [3.8, 4) is 0 Å². The lowest BCUT2D eigenvalue weighted by atomic mass is 9.83. The zero-order valence-electron chi connectivity index (χ0n) is 39.3. The molecule has 0 saturated carbocycles. The molecule has 14 atom stereocenters. The molecule has 0 bridgehead atoms. The summed E-state index contributed by atoms with van der Waals surface area (Å²) in [5.74, 6) is -2.92. The Morgan fingerprint density at radius 3 is 1.35 bits per heavy atom. The van der Waals surface area contributed by atoms with Crippen LogP contribution in [0, 0.1) is 11.8 Å². The van der Waals surface area contributed by atoms with Crippen LogP contribution >= 0.6 is 0 Å². The molecular weight excluding hydrogens is 877 g/mol. The largest absolute Gasteiger partial charge is 0.451 e. The second-order valence-corrected chi connectivity index (χ2v) is 17.5. The van der Waals surface area contributed by atoms with E-state index in [1.807, 2.05) is 149 Å². The summed E-state index contributed by atoms with van der Waals surface area (Å²) in [5.41, 5.74) is 4.18. The van der Waals surface area contributed by atoms with Crippen molar-refractivity contribution in [3.63, 3.8) is 0 Å². The summed E-state index contributed by atoms with van der Waals surface area (Å²) < 4.78 is 34.1. The molecule has 6 rings (SSSR count). The van der Waals surface area contributed by atoms with Crippen molar-refractivity contribution in [1.29, 1.82) is 0 Å². The molecule has 2 aliphatic heterocycles. The molecule has 68 heavy (non-hydrogen) atoms. The Bertz CT molecular complexity index is 2150. The molecule has 5 unspecified atom stereocenters. The van der Waals surface area contributed by atoms with Crippen molar-refractivity contribution in [3.05, 3.63) is 144 Å². The summed E-state index contributed by atoms with van der Waals surface area (Å²) in [6.45, 7) is 11.3. The molecular formula is C52H66N2O14. The van der Waals surface area contributed by atoms with Gasteiger partial charge >= 0.3 is 11.9 Å². The second kappa shape index (κ2) is 26.3. The topological polar surface area (TPSA) is 229 Å². The van der Waals surface area contributed by atoms with Gasteiger partial charge in [0.2, 0.25) is 0 Å². The number of nitrogens with one attached hydrogen (secondary N) is 2. The van der Waals surface area contributed by atoms with Gasteiger partial charge in [0.25, 0.3) is 11.8 Å². The van der Waals surface area contributed by atoms with E-state index in [0.717, 1.165) is 22.3 Å². The summed E-state index contributed by atoms with van der Waals surface area (Å²) in [5, 5.41) is 43.9. The van der Waals surface area contributed by atoms with Gasteiger partial charge in [-0.2, -0.15) is 0 Å². The minimum Gasteiger partial charge on any atom is -0.451 e. The number of amides is 2. The second-order valence-electron chi connectivity index (χ2n) is 17.5. The van der Waals surface area contributed by atoms with E-state index in [0.29, 0.717) is 26.1 Å². The highest BCUT2D eigenvalue weighted by Gasteiger charge is 2.48. The van der Waals surface area contributed by atoms with Gasteiger partial charge in [0, 0.05) is 12.1 Å². The smallest absolute Gasteiger partial charge is 0.339 e. The molecule has 0 aliphatic carbocycles. The fraction of sp³-hybridized carbons (Fsp3) is 0.462. The molecule has 6 N–H and O–H groups in total. The van der Waals surface area contributed by atoms with Gasteiger partial charge in [-0.05, 0) is 74.6 Å². The Hall–Kier alpha value is -5.56. The van der Waals surface area contributed by atoms with Crippen molar-refractivity contribution in [1.82, 2.24) is 10.6 Å². The first-order chi connectivity index (χ1) is 32.5. The van der Waals surface area contributed by atoms with E-state index in [-0.39, 0.29) is 29.8 Å². The Morgan fingerprint density at radius 1 is 0.515 bits per heavy atom. The first-order valence-electron chi connectivity index (χ1n) is 23.0. The summed E-state index contributed by atoms with van der Waals surface area (Å²) in [7, 11) is 0. The number of aliphatic hydroxyl groups excluding tert-OH is 4. The van der Waals surface area contributed by atoms with Gasteiger partial charge in [0.05, 0.1) is 13.2 Å². The number of carbonyl (C=O) groups excluding carboxylic acids is 4. The average molecular weight is 943 g/mol. The van der Waals surface area contributed by atoms with Crippen LogP contribution in [0.2, 0.25) is 0 Å². The van der Waals surface area contributed by atoms with E-state index >= 15 is 0 Å². The normalized spacial score (nSPS) is 26.3. The van der Waals surface area contributed by atoms with Gasteiger partial charge in [-0.1, -0.05) is 135 Å². The number of rotatable bonds is 18. The summed E-state index contributed by atoms with van der Waals surface area (Å²) in [4.78, 5) is 50.5. The van der Waals surface area contributed by atoms with Crippen LogP contribution in [0.1, 0.15) is 63.8 Å². The van der Waals surface area contributed by atoms with Crippen LogP contribution in [0.4, 0.5) is 0 Å². The first kappa shape index (κ1) is 53.4. The van der Waals surface area contributed by atoms with E-state index in [9.17, 15) is 39.6 Å². The fourth-order valence-corrected chi connectivity index (χ4v) is 7.73. The van der Waals surface area contributed by atoms with E-state index < -0.39 is 79.3 Å². The highest BCUT2D eigenvalue weighted by molar-refractivity contribution is 5.85. The highest BCUT2D eigenvalue weighted by Crippen LogP contribution is 2.35. The summed E-state index contributed by atoms with van der Waals surface area (Å²) in [6, 6.07) is 38.8. The molecule has 4 aromatic rings. The Kier molecular flexibility index (Phi) is 20.6. The number of benzene rings is 4. The van der Waals surface area contributed by atoms with Crippen molar-refractivity contribution >= 4 is 23.8 Å². The fourth-order valence-electron chi connectivity index (χ4n) is 7.73. The zero-order valence-corrected chi connectivity index (χ0v) is 39.3. The predicted octanol–water partition coefficient (Wildman–Crippen LogP) is 3.93. The molecule has 4 aromatic carbocycles. The minimum absolute atomic E-state index is 0.0826. The lowest BCUT2D eigenvalue weighted by Gasteiger charge is -2.43. The molecule has 0 radical (unpaired) electrons. The molecule has 2 saturated heterocycles. The number of esters is 2. The van der Waals surface area contributed by atoms with E-state index in [1.165, 1.54) is 6.92 Å². The van der Waals surface area contributed by atoms with Crippen LogP contribution in [0.3, 0.4) is 0 Å². The maximum atomic E-state index is 13.3. The Labute approximate surface area is 397 Å². The summed E-state index contributed by atoms with van der Waals surface area (Å²) >= 11 is 0. The number of aliphatic hydroxyl groups is 4. The van der Waals surface area contributed by atoms with Crippen LogP contribution < -0.4 is 10.6 Å². The van der Waals surface area contributed by atoms with E-state index in [1.54, 1.807) is 6.92 Å². The number of carbonyl (C=O) groups is 4. The summed E-state index contributed by atoms with van der Waals surface area (Å²) in [6.07, 6.45) is -11.9. The Balaban J connectivity index is 0.000000278. The van der Waals surface area contributed by atoms with Crippen LogP contribution in [0.15, 0.2) is 121 Å². The van der Waals surface area contributed by atoms with Gasteiger partial charge in [-0.15, -0.1) is 0 Å². The van der Waals surface area contributed by atoms with Gasteiger partial charge in [0.1, 0.15) is 24.4 Å². The maximum Gasteiger partial charge on any atom is 0.339 e. The first-order valence-corrected chi connectivity index (χ1v) is 23.0. The quantitative estimate of drug-likeness (QED) is 0.0778. The van der Waals surface area contributed by atoms with Crippen molar-refractivity contribution in [2.45, 2.75) is 141 Å². The number of hydrogen-bond acceptors (Lipinski definition) is 14. The van der Waals surface area contributed by atoms with Crippen LogP contribution in [0.25, 0.3) is 0 Å². The number of ether oxygens (including phenoxy) is 6. The third kappa shape index (κ3) is 15.7. The molecule has 2 fully saturated rings. The molecule has 2 heterocycles. The van der Waals surface area contributed by atoms with E-state index in [4.69, 9.17) is 28.4 Å². The van der Waals surface area contributed by atoms with Crippen molar-refractivity contribution in [2.75, 3.05) is 0 Å². The molecule has 16 heteroatoms. The molecule has 0 spiro atoms. The van der Waals surface area contributed by atoms with Crippen molar-refractivity contribution in [2.24, 2.45) is 11.8 Å². The van der Waals surface area contributed by atoms with Crippen molar-refractivity contribution < 1.29 is 68.0 Å². The standard InChI is InChI=1S/C34H41NO6.C18H25NO8/c1-23(20-27-14-8-5-9-15-27)35-32(36)26(4)40-33(37)30-24(2)25(3)31(38-21-28-16-10-6-11-17-28)34(41-30)39-22-29-18-12-7-13-19-29;1-9(8-11-6-4-3-5-7-11)19-16(23)10(2)26-18(25)15-13(21)12(20)14(22)17(24)27-15/h5-19,23-26,30-31,34H,20-22H2,1-4H3,(H,35,36);3-7,9-10,12-15,17,20-22,24H,8H2,1-2H3,(H,19,23)/t23-,24-,25?,26+,30?,31-,34+;9-,10+,12?,13-,14-,15?,17?/m00/s1. The lowest BCUT2D eigenvalue weighted by molar-refractivity contribution is -0.286. The third-order valence-corrected chi connectivity index (χ3v) is 11.8. The molecule has 16 nitrogen and oxygen atoms in total. The zero-order chi connectivity index (χ0) is 49.3. The SMILES string of the molecule is CC1[C@H](C)C(C(=O)O[C@H](C)C(=O)N[C@@H](C)Cc2ccccc2)O[C@@H](OCc2ccccc2)[C@H]1OCc1ccccc1.C[C@@H](Cc1ccccc1)NC(=O)[C@@H](C)OC(=O)C1OC(O)[C@@H](O)C(O)[C@@H]1O. The highest BCUT2D eigenvalue weighted by atomic mass is 16.7. The molecule has 0 aromatic heterocycles. The monoisotopic (exact) mass is 942 g/mol. The van der Waals surface area contributed by atoms with Gasteiger partial charge in [-0.25, -0.2) is 9.59 Å². The van der Waals surface area contributed by atoms with Crippen LogP contribution in [-0.4, -0.2) is 118 Å². The maximum absolute atomic E-state index is 13.3. The van der Waals surface area contributed by atoms with E-state index in [2.05, 4.69) is 10.6 Å². The average Bonchev–Trinajstić information content (AvgIpc) is 3.33. The lowest BCUT2D eigenvalue weighted by Crippen LogP contribution is -2.60. The molecule has 2 aliphatic rings. The number of hydrogen-bond donors (Lipinski definition) is 6. The minimum atomic E-state index is -1.86. The molecule has 368 valence electrons. The van der Waals surface area contributed by atoms with Gasteiger partial charge in [-0.3, -0.25) is 9.59 Å². The molecule has 2 amide bonds. The van der Waals surface area contributed by atoms with Gasteiger partial charge in [0.15, 0.2) is 37.0 Å². The third-order valence-electron chi connectivity index (χ3n) is 11.8. The van der Waals surface area contributed by atoms with Crippen LogP contribution in [0.5, 0.6) is 0 Å². The Morgan fingerprint density at radius 2 is 0.912 bits per heavy atom. The van der Waals surface area contributed by atoms with Crippen LogP contribution in [-0.2, 0) is 73.7 Å².